The monoisotopic (exact) mass is 408 g/mol. The molecule has 0 spiro atoms. The van der Waals surface area contributed by atoms with Crippen LogP contribution in [0.25, 0.3) is 10.9 Å². The molecule has 4 heterocycles. The van der Waals surface area contributed by atoms with E-state index in [0.717, 1.165) is 80.8 Å². The maximum Gasteiger partial charge on any atom is 0.140 e. The summed E-state index contributed by atoms with van der Waals surface area (Å²) < 4.78 is 19.0. The standard InChI is InChI=1S/C22H25FN6O/c1-15-26-19(16-4-10-30-11-5-16)13-21(27-15)28-6-8-29(9-7-28)22-18-3-2-17(23)12-20(18)24-14-25-22/h2-3,12-14,16H,4-11H2,1H3. The fourth-order valence-electron chi connectivity index (χ4n) is 4.35. The number of hydrogen-bond donors (Lipinski definition) is 0. The van der Waals surface area contributed by atoms with Gasteiger partial charge in [0.15, 0.2) is 0 Å². The van der Waals surface area contributed by atoms with Crippen molar-refractivity contribution in [2.24, 2.45) is 0 Å². The molecule has 5 rings (SSSR count). The quantitative estimate of drug-likeness (QED) is 0.660. The molecule has 0 aliphatic carbocycles. The molecule has 2 saturated heterocycles. The summed E-state index contributed by atoms with van der Waals surface area (Å²) >= 11 is 0. The van der Waals surface area contributed by atoms with Crippen LogP contribution in [0.3, 0.4) is 0 Å². The average Bonchev–Trinajstić information content (AvgIpc) is 2.79. The summed E-state index contributed by atoms with van der Waals surface area (Å²) in [5.74, 6) is 2.85. The summed E-state index contributed by atoms with van der Waals surface area (Å²) in [6, 6.07) is 6.84. The van der Waals surface area contributed by atoms with Gasteiger partial charge in [-0.25, -0.2) is 24.3 Å². The first-order chi connectivity index (χ1) is 14.7. The highest BCUT2D eigenvalue weighted by molar-refractivity contribution is 5.89. The summed E-state index contributed by atoms with van der Waals surface area (Å²) in [4.78, 5) is 22.7. The van der Waals surface area contributed by atoms with Gasteiger partial charge < -0.3 is 14.5 Å². The summed E-state index contributed by atoms with van der Waals surface area (Å²) in [5, 5.41) is 0.882. The lowest BCUT2D eigenvalue weighted by Gasteiger charge is -2.36. The Hall–Kier alpha value is -2.87. The third-order valence-electron chi connectivity index (χ3n) is 5.96. The van der Waals surface area contributed by atoms with Crippen LogP contribution in [0.15, 0.2) is 30.6 Å². The second kappa shape index (κ2) is 8.10. The van der Waals surface area contributed by atoms with E-state index >= 15 is 0 Å². The summed E-state index contributed by atoms with van der Waals surface area (Å²) in [5.41, 5.74) is 1.77. The highest BCUT2D eigenvalue weighted by Gasteiger charge is 2.23. The van der Waals surface area contributed by atoms with Gasteiger partial charge in [0, 0.05) is 68.5 Å². The molecule has 0 radical (unpaired) electrons. The van der Waals surface area contributed by atoms with E-state index in [1.165, 1.54) is 18.5 Å². The highest BCUT2D eigenvalue weighted by Crippen LogP contribution is 2.29. The van der Waals surface area contributed by atoms with Gasteiger partial charge in [-0.05, 0) is 31.9 Å². The van der Waals surface area contributed by atoms with Gasteiger partial charge in [-0.1, -0.05) is 0 Å². The van der Waals surface area contributed by atoms with E-state index in [-0.39, 0.29) is 5.82 Å². The van der Waals surface area contributed by atoms with Crippen molar-refractivity contribution in [2.75, 3.05) is 49.2 Å². The zero-order chi connectivity index (χ0) is 20.5. The van der Waals surface area contributed by atoms with Gasteiger partial charge >= 0.3 is 0 Å². The summed E-state index contributed by atoms with van der Waals surface area (Å²) in [6.45, 7) is 6.90. The second-order valence-corrected chi connectivity index (χ2v) is 7.92. The number of hydrogen-bond acceptors (Lipinski definition) is 7. The molecule has 2 fully saturated rings. The third kappa shape index (κ3) is 3.79. The van der Waals surface area contributed by atoms with Gasteiger partial charge in [0.1, 0.15) is 29.6 Å². The number of halogens is 1. The fraction of sp³-hybridized carbons (Fsp3) is 0.455. The molecule has 0 bridgehead atoms. The Balaban J connectivity index is 1.33. The molecule has 0 amide bonds. The van der Waals surface area contributed by atoms with Crippen LogP contribution in [0.2, 0.25) is 0 Å². The largest absolute Gasteiger partial charge is 0.381 e. The number of nitrogens with zero attached hydrogens (tertiary/aromatic N) is 6. The molecular weight excluding hydrogens is 383 g/mol. The normalized spacial score (nSPS) is 18.2. The molecule has 1 aromatic carbocycles. The van der Waals surface area contributed by atoms with E-state index in [4.69, 9.17) is 14.7 Å². The molecule has 0 N–H and O–H groups in total. The SMILES string of the molecule is Cc1nc(C2CCOCC2)cc(N2CCN(c3ncnc4cc(F)ccc34)CC2)n1. The van der Waals surface area contributed by atoms with Crippen molar-refractivity contribution in [2.45, 2.75) is 25.7 Å². The lowest BCUT2D eigenvalue weighted by Crippen LogP contribution is -2.47. The maximum absolute atomic E-state index is 13.5. The van der Waals surface area contributed by atoms with E-state index < -0.39 is 0 Å². The van der Waals surface area contributed by atoms with Crippen LogP contribution in [-0.2, 0) is 4.74 Å². The molecule has 0 unspecified atom stereocenters. The maximum atomic E-state index is 13.5. The van der Waals surface area contributed by atoms with Gasteiger partial charge in [0.05, 0.1) is 5.52 Å². The minimum absolute atomic E-state index is 0.281. The molecule has 2 aliphatic rings. The molecule has 2 aliphatic heterocycles. The van der Waals surface area contributed by atoms with E-state index in [1.54, 1.807) is 6.07 Å². The van der Waals surface area contributed by atoms with Crippen LogP contribution in [0.4, 0.5) is 16.0 Å². The molecule has 0 atom stereocenters. The fourth-order valence-corrected chi connectivity index (χ4v) is 4.35. The molecule has 8 heteroatoms. The Kier molecular flexibility index (Phi) is 5.16. The lowest BCUT2D eigenvalue weighted by molar-refractivity contribution is 0.0844. The summed E-state index contributed by atoms with van der Waals surface area (Å²) in [7, 11) is 0. The summed E-state index contributed by atoms with van der Waals surface area (Å²) in [6.07, 6.45) is 3.55. The van der Waals surface area contributed by atoms with Gasteiger partial charge in [0.2, 0.25) is 0 Å². The van der Waals surface area contributed by atoms with Crippen molar-refractivity contribution in [3.63, 3.8) is 0 Å². The number of aromatic nitrogens is 4. The predicted octanol–water partition coefficient (Wildman–Crippen LogP) is 3.09. The van der Waals surface area contributed by atoms with Crippen molar-refractivity contribution in [3.8, 4) is 0 Å². The van der Waals surface area contributed by atoms with Crippen molar-refractivity contribution >= 4 is 22.5 Å². The number of piperazine rings is 1. The van der Waals surface area contributed by atoms with Crippen molar-refractivity contribution in [1.29, 1.82) is 0 Å². The van der Waals surface area contributed by atoms with E-state index in [1.807, 2.05) is 6.92 Å². The first kappa shape index (κ1) is 19.1. The Morgan fingerprint density at radius 1 is 0.967 bits per heavy atom. The van der Waals surface area contributed by atoms with Gasteiger partial charge in [0.25, 0.3) is 0 Å². The zero-order valence-electron chi connectivity index (χ0n) is 17.1. The molecule has 0 saturated carbocycles. The van der Waals surface area contributed by atoms with E-state index in [9.17, 15) is 4.39 Å². The number of rotatable bonds is 3. The van der Waals surface area contributed by atoms with Crippen molar-refractivity contribution < 1.29 is 9.13 Å². The topological polar surface area (TPSA) is 67.3 Å². The Labute approximate surface area is 174 Å². The Morgan fingerprint density at radius 3 is 2.53 bits per heavy atom. The van der Waals surface area contributed by atoms with Gasteiger partial charge in [-0.3, -0.25) is 0 Å². The van der Waals surface area contributed by atoms with Gasteiger partial charge in [-0.15, -0.1) is 0 Å². The number of fused-ring (bicyclic) bond motifs is 1. The predicted molar refractivity (Wildman–Crippen MR) is 113 cm³/mol. The molecule has 156 valence electrons. The van der Waals surface area contributed by atoms with Crippen molar-refractivity contribution in [1.82, 2.24) is 19.9 Å². The van der Waals surface area contributed by atoms with Crippen LogP contribution in [0.1, 0.15) is 30.3 Å². The molecule has 2 aromatic heterocycles. The Bertz CT molecular complexity index is 1050. The number of aryl methyl sites for hydroxylation is 1. The first-order valence-corrected chi connectivity index (χ1v) is 10.5. The third-order valence-corrected chi connectivity index (χ3v) is 5.96. The number of benzene rings is 1. The number of ether oxygens (including phenoxy) is 1. The van der Waals surface area contributed by atoms with Crippen molar-refractivity contribution in [3.05, 3.63) is 47.9 Å². The molecule has 3 aromatic rings. The average molecular weight is 408 g/mol. The first-order valence-electron chi connectivity index (χ1n) is 10.5. The molecule has 30 heavy (non-hydrogen) atoms. The van der Waals surface area contributed by atoms with Crippen LogP contribution >= 0.6 is 0 Å². The van der Waals surface area contributed by atoms with Crippen LogP contribution in [0, 0.1) is 12.7 Å². The number of anilines is 2. The Morgan fingerprint density at radius 2 is 1.73 bits per heavy atom. The van der Waals surface area contributed by atoms with Gasteiger partial charge in [-0.2, -0.15) is 0 Å². The van der Waals surface area contributed by atoms with Crippen LogP contribution < -0.4 is 9.80 Å². The minimum Gasteiger partial charge on any atom is -0.381 e. The highest BCUT2D eigenvalue weighted by atomic mass is 19.1. The molecule has 7 nitrogen and oxygen atoms in total. The lowest BCUT2D eigenvalue weighted by atomic mass is 9.96. The minimum atomic E-state index is -0.281. The van der Waals surface area contributed by atoms with E-state index in [0.29, 0.717) is 11.4 Å². The zero-order valence-corrected chi connectivity index (χ0v) is 17.1. The van der Waals surface area contributed by atoms with Crippen LogP contribution in [-0.4, -0.2) is 59.3 Å². The van der Waals surface area contributed by atoms with Crippen LogP contribution in [0.5, 0.6) is 0 Å². The molecular formula is C22H25FN6O. The van der Waals surface area contributed by atoms with E-state index in [2.05, 4.69) is 25.8 Å². The second-order valence-electron chi connectivity index (χ2n) is 7.92. The smallest absolute Gasteiger partial charge is 0.140 e.